The number of hydrogen-bond acceptors (Lipinski definition) is 5. The molecular formula is C12H19N3O2S. The molecule has 100 valence electrons. The van der Waals surface area contributed by atoms with Gasteiger partial charge in [-0.2, -0.15) is 0 Å². The van der Waals surface area contributed by atoms with Gasteiger partial charge in [0.2, 0.25) is 0 Å². The van der Waals surface area contributed by atoms with Gasteiger partial charge in [0.25, 0.3) is 5.91 Å². The van der Waals surface area contributed by atoms with E-state index in [4.69, 9.17) is 10.9 Å². The van der Waals surface area contributed by atoms with Crippen LogP contribution in [0.15, 0.2) is 6.07 Å². The minimum Gasteiger partial charge on any atom is -0.396 e. The number of carbonyl (C=O) groups excluding carboxylic acids is 1. The van der Waals surface area contributed by atoms with Crippen LogP contribution in [0.1, 0.15) is 26.5 Å². The average Bonchev–Trinajstić information content (AvgIpc) is 2.96. The lowest BCUT2D eigenvalue weighted by Crippen LogP contribution is -2.29. The molecule has 1 aliphatic rings. The van der Waals surface area contributed by atoms with Crippen LogP contribution in [0.25, 0.3) is 0 Å². The van der Waals surface area contributed by atoms with Crippen molar-refractivity contribution in [3.63, 3.8) is 0 Å². The number of aliphatic hydroxyl groups excluding tert-OH is 1. The summed E-state index contributed by atoms with van der Waals surface area (Å²) in [6, 6.07) is 1.91. The van der Waals surface area contributed by atoms with Crippen molar-refractivity contribution in [2.75, 3.05) is 19.7 Å². The number of nitrogens with two attached hydrogens (primary N) is 1. The first-order valence-electron chi connectivity index (χ1n) is 6.07. The molecule has 0 saturated carbocycles. The standard InChI is InChI=1S/C12H19N3O2S/c1-8-10(4-11(18-8)12(17)14-13)6-15-3-2-9(5-15)7-16/h4,9,16H,2-3,5-7,13H2,1H3,(H,14,17). The predicted octanol–water partition coefficient (Wildman–Crippen LogP) is 0.474. The molecule has 2 heterocycles. The van der Waals surface area contributed by atoms with Gasteiger partial charge in [-0.1, -0.05) is 0 Å². The van der Waals surface area contributed by atoms with Crippen molar-refractivity contribution in [1.29, 1.82) is 0 Å². The SMILES string of the molecule is Cc1sc(C(=O)NN)cc1CN1CCC(CO)C1. The Hall–Kier alpha value is -0.950. The predicted molar refractivity (Wildman–Crippen MR) is 71.2 cm³/mol. The maximum absolute atomic E-state index is 11.4. The summed E-state index contributed by atoms with van der Waals surface area (Å²) in [5.41, 5.74) is 3.33. The molecule has 1 saturated heterocycles. The molecule has 1 amide bonds. The molecule has 1 fully saturated rings. The van der Waals surface area contributed by atoms with Crippen LogP contribution in [0.3, 0.4) is 0 Å². The maximum atomic E-state index is 11.4. The molecule has 5 nitrogen and oxygen atoms in total. The quantitative estimate of drug-likeness (QED) is 0.422. The summed E-state index contributed by atoms with van der Waals surface area (Å²) in [5.74, 6) is 5.30. The van der Waals surface area contributed by atoms with E-state index < -0.39 is 0 Å². The minimum absolute atomic E-state index is 0.232. The summed E-state index contributed by atoms with van der Waals surface area (Å²) >= 11 is 1.47. The molecule has 1 aliphatic heterocycles. The number of rotatable bonds is 4. The number of carbonyl (C=O) groups is 1. The van der Waals surface area contributed by atoms with Crippen molar-refractivity contribution < 1.29 is 9.90 Å². The normalized spacial score (nSPS) is 20.3. The molecule has 0 aromatic carbocycles. The molecule has 6 heteroatoms. The molecular weight excluding hydrogens is 250 g/mol. The largest absolute Gasteiger partial charge is 0.396 e. The van der Waals surface area contributed by atoms with E-state index >= 15 is 0 Å². The first-order valence-corrected chi connectivity index (χ1v) is 6.89. The highest BCUT2D eigenvalue weighted by Gasteiger charge is 2.23. The molecule has 2 rings (SSSR count). The van der Waals surface area contributed by atoms with E-state index in [1.165, 1.54) is 16.9 Å². The van der Waals surface area contributed by atoms with Crippen molar-refractivity contribution >= 4 is 17.2 Å². The van der Waals surface area contributed by atoms with Crippen LogP contribution in [0.2, 0.25) is 0 Å². The van der Waals surface area contributed by atoms with Crippen LogP contribution in [-0.4, -0.2) is 35.6 Å². The highest BCUT2D eigenvalue weighted by molar-refractivity contribution is 7.14. The number of nitrogens with zero attached hydrogens (tertiary/aromatic N) is 1. The van der Waals surface area contributed by atoms with Gasteiger partial charge in [0.05, 0.1) is 4.88 Å². The van der Waals surface area contributed by atoms with E-state index in [-0.39, 0.29) is 12.5 Å². The zero-order valence-electron chi connectivity index (χ0n) is 10.5. The van der Waals surface area contributed by atoms with Gasteiger partial charge in [0, 0.05) is 24.6 Å². The van der Waals surface area contributed by atoms with Crippen molar-refractivity contribution in [2.24, 2.45) is 11.8 Å². The van der Waals surface area contributed by atoms with Crippen molar-refractivity contribution in [3.05, 3.63) is 21.4 Å². The molecule has 0 aliphatic carbocycles. The summed E-state index contributed by atoms with van der Waals surface area (Å²) in [4.78, 5) is 15.6. The summed E-state index contributed by atoms with van der Waals surface area (Å²) in [5, 5.41) is 9.12. The number of nitrogen functional groups attached to an aromatic ring is 1. The molecule has 1 atom stereocenters. The summed E-state index contributed by atoms with van der Waals surface area (Å²) in [6.07, 6.45) is 1.05. The number of nitrogens with one attached hydrogen (secondary N) is 1. The van der Waals surface area contributed by atoms with E-state index in [0.29, 0.717) is 10.8 Å². The smallest absolute Gasteiger partial charge is 0.275 e. The van der Waals surface area contributed by atoms with Crippen LogP contribution in [-0.2, 0) is 6.54 Å². The fraction of sp³-hybridized carbons (Fsp3) is 0.583. The summed E-state index contributed by atoms with van der Waals surface area (Å²) in [6.45, 7) is 5.08. The van der Waals surface area contributed by atoms with E-state index in [2.05, 4.69) is 10.3 Å². The molecule has 0 spiro atoms. The number of aryl methyl sites for hydroxylation is 1. The molecule has 1 aromatic rings. The van der Waals surface area contributed by atoms with Crippen LogP contribution in [0.4, 0.5) is 0 Å². The van der Waals surface area contributed by atoms with Gasteiger partial charge in [-0.25, -0.2) is 5.84 Å². The molecule has 18 heavy (non-hydrogen) atoms. The van der Waals surface area contributed by atoms with Crippen LogP contribution in [0, 0.1) is 12.8 Å². The first kappa shape index (κ1) is 13.5. The third-order valence-corrected chi connectivity index (χ3v) is 4.49. The second-order valence-corrected chi connectivity index (χ2v) is 5.99. The lowest BCUT2D eigenvalue weighted by molar-refractivity contribution is 0.0957. The van der Waals surface area contributed by atoms with Gasteiger partial charge in [0.1, 0.15) is 0 Å². The zero-order chi connectivity index (χ0) is 13.1. The fourth-order valence-electron chi connectivity index (χ4n) is 2.31. The monoisotopic (exact) mass is 269 g/mol. The Kier molecular flexibility index (Phi) is 4.34. The summed E-state index contributed by atoms with van der Waals surface area (Å²) < 4.78 is 0. The molecule has 0 radical (unpaired) electrons. The molecule has 4 N–H and O–H groups in total. The number of aliphatic hydroxyl groups is 1. The van der Waals surface area contributed by atoms with Crippen LogP contribution >= 0.6 is 11.3 Å². The highest BCUT2D eigenvalue weighted by Crippen LogP contribution is 2.25. The Balaban J connectivity index is 2.01. The van der Waals surface area contributed by atoms with Gasteiger partial charge >= 0.3 is 0 Å². The number of thiophene rings is 1. The second kappa shape index (κ2) is 5.79. The zero-order valence-corrected chi connectivity index (χ0v) is 11.3. The average molecular weight is 269 g/mol. The topological polar surface area (TPSA) is 78.6 Å². The Bertz CT molecular complexity index is 433. The summed E-state index contributed by atoms with van der Waals surface area (Å²) in [7, 11) is 0. The fourth-order valence-corrected chi connectivity index (χ4v) is 3.24. The van der Waals surface area contributed by atoms with Gasteiger partial charge in [-0.05, 0) is 37.4 Å². The van der Waals surface area contributed by atoms with Crippen LogP contribution in [0.5, 0.6) is 0 Å². The Labute approximate surface area is 111 Å². The molecule has 1 unspecified atom stereocenters. The number of amides is 1. The van der Waals surface area contributed by atoms with E-state index in [1.807, 2.05) is 13.0 Å². The Morgan fingerprint density at radius 2 is 2.50 bits per heavy atom. The molecule has 0 bridgehead atoms. The van der Waals surface area contributed by atoms with Gasteiger partial charge in [-0.15, -0.1) is 11.3 Å². The van der Waals surface area contributed by atoms with Gasteiger partial charge in [0.15, 0.2) is 0 Å². The van der Waals surface area contributed by atoms with E-state index in [0.717, 1.165) is 30.9 Å². The number of hydrazine groups is 1. The van der Waals surface area contributed by atoms with Crippen molar-refractivity contribution in [2.45, 2.75) is 19.9 Å². The van der Waals surface area contributed by atoms with Crippen LogP contribution < -0.4 is 11.3 Å². The third kappa shape index (κ3) is 2.89. The number of hydrogen-bond donors (Lipinski definition) is 3. The van der Waals surface area contributed by atoms with Crippen molar-refractivity contribution in [3.8, 4) is 0 Å². The Morgan fingerprint density at radius 1 is 1.72 bits per heavy atom. The van der Waals surface area contributed by atoms with Gasteiger partial charge in [-0.3, -0.25) is 15.1 Å². The highest BCUT2D eigenvalue weighted by atomic mass is 32.1. The van der Waals surface area contributed by atoms with Gasteiger partial charge < -0.3 is 5.11 Å². The minimum atomic E-state index is -0.232. The Morgan fingerprint density at radius 3 is 3.11 bits per heavy atom. The maximum Gasteiger partial charge on any atom is 0.275 e. The first-order chi connectivity index (χ1) is 8.63. The second-order valence-electron chi connectivity index (χ2n) is 4.74. The molecule has 1 aromatic heterocycles. The third-order valence-electron chi connectivity index (χ3n) is 3.40. The number of likely N-dealkylation sites (tertiary alicyclic amines) is 1. The lowest BCUT2D eigenvalue weighted by atomic mass is 10.1. The van der Waals surface area contributed by atoms with E-state index in [9.17, 15) is 4.79 Å². The van der Waals surface area contributed by atoms with Crippen molar-refractivity contribution in [1.82, 2.24) is 10.3 Å². The lowest BCUT2D eigenvalue weighted by Gasteiger charge is -2.15. The van der Waals surface area contributed by atoms with E-state index in [1.54, 1.807) is 0 Å².